The second kappa shape index (κ2) is 5.20. The van der Waals surface area contributed by atoms with Gasteiger partial charge in [0.15, 0.2) is 5.69 Å². The van der Waals surface area contributed by atoms with Crippen LogP contribution in [0.15, 0.2) is 58.8 Å². The summed E-state index contributed by atoms with van der Waals surface area (Å²) in [6.45, 7) is 6.57. The molecule has 0 amide bonds. The molecule has 0 saturated heterocycles. The van der Waals surface area contributed by atoms with Crippen molar-refractivity contribution in [3.8, 4) is 5.88 Å². The third-order valence-corrected chi connectivity index (χ3v) is 4.93. The summed E-state index contributed by atoms with van der Waals surface area (Å²) in [5.41, 5.74) is 3.52. The molecule has 0 saturated carbocycles. The minimum Gasteiger partial charge on any atom is -0.493 e. The van der Waals surface area contributed by atoms with E-state index in [1.165, 1.54) is 5.56 Å². The summed E-state index contributed by atoms with van der Waals surface area (Å²) >= 11 is 0. The minimum absolute atomic E-state index is 0.156. The van der Waals surface area contributed by atoms with Crippen molar-refractivity contribution in [1.82, 2.24) is 4.57 Å². The summed E-state index contributed by atoms with van der Waals surface area (Å²) < 4.78 is 2.02. The molecule has 3 aromatic rings. The summed E-state index contributed by atoms with van der Waals surface area (Å²) in [7, 11) is 0. The van der Waals surface area contributed by atoms with Crippen LogP contribution in [0.4, 0.5) is 11.4 Å². The molecule has 4 nitrogen and oxygen atoms in total. The highest BCUT2D eigenvalue weighted by Gasteiger charge is 2.36. The Bertz CT molecular complexity index is 938. The van der Waals surface area contributed by atoms with Gasteiger partial charge in [-0.1, -0.05) is 43.3 Å². The molecule has 1 N–H and O–H groups in total. The predicted octanol–water partition coefficient (Wildman–Crippen LogP) is 6.00. The lowest BCUT2D eigenvalue weighted by molar-refractivity contribution is 0.267. The Morgan fingerprint density at radius 3 is 2.54 bits per heavy atom. The molecule has 0 radical (unpaired) electrons. The van der Waals surface area contributed by atoms with Gasteiger partial charge in [0.05, 0.1) is 11.2 Å². The quantitative estimate of drug-likeness (QED) is 0.578. The fourth-order valence-electron chi connectivity index (χ4n) is 3.97. The van der Waals surface area contributed by atoms with Crippen LogP contribution in [0.2, 0.25) is 0 Å². The van der Waals surface area contributed by atoms with Gasteiger partial charge in [-0.05, 0) is 43.9 Å². The molecule has 1 atom stereocenters. The number of aromatic hydroxyl groups is 1. The second-order valence-electron chi connectivity index (χ2n) is 7.20. The fraction of sp³-hybridized carbons (Fsp3) is 0.300. The third kappa shape index (κ3) is 2.13. The molecule has 0 fully saturated rings. The highest BCUT2D eigenvalue weighted by molar-refractivity contribution is 5.97. The molecule has 1 aliphatic rings. The van der Waals surface area contributed by atoms with Crippen molar-refractivity contribution in [3.05, 3.63) is 54.1 Å². The summed E-state index contributed by atoms with van der Waals surface area (Å²) in [5.74, 6) is 0.651. The monoisotopic (exact) mass is 319 g/mol. The lowest BCUT2D eigenvalue weighted by Crippen LogP contribution is -2.31. The largest absolute Gasteiger partial charge is 0.493 e. The SMILES string of the molecule is C[C@H]1CC(C)(C)n2c(O)c(N=Nc3ccccc3)c3cccc1c32. The van der Waals surface area contributed by atoms with Crippen molar-refractivity contribution in [2.24, 2.45) is 10.2 Å². The van der Waals surface area contributed by atoms with Crippen molar-refractivity contribution < 1.29 is 5.11 Å². The molecular weight excluding hydrogens is 298 g/mol. The van der Waals surface area contributed by atoms with Crippen LogP contribution < -0.4 is 0 Å². The van der Waals surface area contributed by atoms with E-state index in [0.29, 0.717) is 11.6 Å². The maximum absolute atomic E-state index is 10.9. The lowest BCUT2D eigenvalue weighted by Gasteiger charge is -2.36. The van der Waals surface area contributed by atoms with Gasteiger partial charge in [-0.15, -0.1) is 5.11 Å². The van der Waals surface area contributed by atoms with E-state index in [9.17, 15) is 5.11 Å². The fourth-order valence-corrected chi connectivity index (χ4v) is 3.97. The van der Waals surface area contributed by atoms with Gasteiger partial charge >= 0.3 is 0 Å². The van der Waals surface area contributed by atoms with Crippen LogP contribution in [0, 0.1) is 0 Å². The van der Waals surface area contributed by atoms with Crippen molar-refractivity contribution in [2.75, 3.05) is 0 Å². The van der Waals surface area contributed by atoms with Crippen molar-refractivity contribution in [3.63, 3.8) is 0 Å². The smallest absolute Gasteiger partial charge is 0.221 e. The van der Waals surface area contributed by atoms with Crippen LogP contribution in [-0.2, 0) is 5.54 Å². The molecule has 0 aliphatic carbocycles. The van der Waals surface area contributed by atoms with E-state index in [2.05, 4.69) is 37.1 Å². The summed E-state index contributed by atoms with van der Waals surface area (Å²) in [5, 5.41) is 20.5. The van der Waals surface area contributed by atoms with Gasteiger partial charge in [-0.25, -0.2) is 0 Å². The third-order valence-electron chi connectivity index (χ3n) is 4.93. The second-order valence-corrected chi connectivity index (χ2v) is 7.20. The number of aromatic nitrogens is 1. The highest BCUT2D eigenvalue weighted by Crippen LogP contribution is 2.50. The van der Waals surface area contributed by atoms with Crippen LogP contribution in [0.1, 0.15) is 38.7 Å². The summed E-state index contributed by atoms with van der Waals surface area (Å²) in [4.78, 5) is 0. The van der Waals surface area contributed by atoms with Gasteiger partial charge in [0.2, 0.25) is 5.88 Å². The molecule has 24 heavy (non-hydrogen) atoms. The van der Waals surface area contributed by atoms with E-state index < -0.39 is 0 Å². The van der Waals surface area contributed by atoms with E-state index in [4.69, 9.17) is 0 Å². The molecule has 122 valence electrons. The van der Waals surface area contributed by atoms with Crippen LogP contribution in [0.25, 0.3) is 10.9 Å². The normalized spacial score (nSPS) is 19.2. The molecule has 1 aliphatic heterocycles. The van der Waals surface area contributed by atoms with E-state index in [1.807, 2.05) is 47.0 Å². The van der Waals surface area contributed by atoms with Crippen molar-refractivity contribution in [1.29, 1.82) is 0 Å². The first kappa shape index (κ1) is 14.9. The van der Waals surface area contributed by atoms with Crippen molar-refractivity contribution >= 4 is 22.3 Å². The number of nitrogens with zero attached hydrogens (tertiary/aromatic N) is 3. The first-order valence-electron chi connectivity index (χ1n) is 8.32. The molecule has 0 bridgehead atoms. The molecule has 1 aromatic heterocycles. The van der Waals surface area contributed by atoms with Gasteiger partial charge in [-0.2, -0.15) is 5.11 Å². The van der Waals surface area contributed by atoms with E-state index >= 15 is 0 Å². The van der Waals surface area contributed by atoms with Crippen LogP contribution in [-0.4, -0.2) is 9.67 Å². The molecule has 2 aromatic carbocycles. The van der Waals surface area contributed by atoms with Crippen molar-refractivity contribution in [2.45, 2.75) is 38.6 Å². The van der Waals surface area contributed by atoms with Gasteiger partial charge in [-0.3, -0.25) is 0 Å². The predicted molar refractivity (Wildman–Crippen MR) is 96.6 cm³/mol. The van der Waals surface area contributed by atoms with E-state index in [-0.39, 0.29) is 11.4 Å². The number of azo groups is 1. The Labute approximate surface area is 141 Å². The first-order valence-corrected chi connectivity index (χ1v) is 8.32. The van der Waals surface area contributed by atoms with E-state index in [1.54, 1.807) is 0 Å². The Hall–Kier alpha value is -2.62. The van der Waals surface area contributed by atoms with Crippen LogP contribution in [0.5, 0.6) is 5.88 Å². The first-order chi connectivity index (χ1) is 11.5. The van der Waals surface area contributed by atoms with Gasteiger partial charge in [0, 0.05) is 10.9 Å². The highest BCUT2D eigenvalue weighted by atomic mass is 16.3. The Morgan fingerprint density at radius 1 is 1.04 bits per heavy atom. The summed E-state index contributed by atoms with van der Waals surface area (Å²) in [6.07, 6.45) is 0.983. The Balaban J connectivity index is 1.96. The molecule has 2 heterocycles. The lowest BCUT2D eigenvalue weighted by atomic mass is 9.82. The maximum Gasteiger partial charge on any atom is 0.221 e. The minimum atomic E-state index is -0.156. The van der Waals surface area contributed by atoms with Crippen LogP contribution in [0.3, 0.4) is 0 Å². The molecule has 0 unspecified atom stereocenters. The zero-order chi connectivity index (χ0) is 16.9. The van der Waals surface area contributed by atoms with Gasteiger partial charge in [0.25, 0.3) is 0 Å². The standard InChI is InChI=1S/C20H21N3O/c1-13-12-20(2,3)23-18-15(13)10-7-11-16(18)17(19(23)24)22-21-14-8-5-4-6-9-14/h4-11,13,24H,12H2,1-3H3/t13-/m0/s1. The average Bonchev–Trinajstić information content (AvgIpc) is 2.85. The number of hydrogen-bond acceptors (Lipinski definition) is 3. The van der Waals surface area contributed by atoms with Gasteiger partial charge in [0.1, 0.15) is 0 Å². The summed E-state index contributed by atoms with van der Waals surface area (Å²) in [6, 6.07) is 15.8. The molecule has 0 spiro atoms. The van der Waals surface area contributed by atoms with Crippen LogP contribution >= 0.6 is 0 Å². The molecule has 4 rings (SSSR count). The Kier molecular flexibility index (Phi) is 3.23. The maximum atomic E-state index is 10.9. The zero-order valence-electron chi connectivity index (χ0n) is 14.2. The zero-order valence-corrected chi connectivity index (χ0v) is 14.2. The Morgan fingerprint density at radius 2 is 1.79 bits per heavy atom. The molecular formula is C20H21N3O. The number of hydrogen-bond donors (Lipinski definition) is 1. The van der Waals surface area contributed by atoms with Gasteiger partial charge < -0.3 is 9.67 Å². The molecule has 4 heteroatoms. The number of rotatable bonds is 2. The van der Waals surface area contributed by atoms with E-state index in [0.717, 1.165) is 23.0 Å². The number of benzene rings is 2. The average molecular weight is 319 g/mol. The topological polar surface area (TPSA) is 49.9 Å². The number of para-hydroxylation sites is 1.